The first-order valence-corrected chi connectivity index (χ1v) is 7.16. The lowest BCUT2D eigenvalue weighted by atomic mass is 9.81. The molecule has 0 radical (unpaired) electrons. The maximum absolute atomic E-state index is 12.3. The van der Waals surface area contributed by atoms with Gasteiger partial charge in [-0.2, -0.15) is 0 Å². The smallest absolute Gasteiger partial charge is 0.227 e. The Bertz CT molecular complexity index is 356. The first kappa shape index (κ1) is 12.6. The number of carbonyl (C=O) groups is 1. The monoisotopic (exact) mass is 252 g/mol. The van der Waals surface area contributed by atoms with Crippen LogP contribution in [0.3, 0.4) is 0 Å². The summed E-state index contributed by atoms with van der Waals surface area (Å²) in [5.41, 5.74) is -0.161. The average Bonchev–Trinajstić information content (AvgIpc) is 2.97. The van der Waals surface area contributed by atoms with E-state index in [0.717, 1.165) is 32.4 Å². The molecule has 94 valence electrons. The lowest BCUT2D eigenvalue weighted by Gasteiger charge is -2.26. The molecule has 4 heteroatoms. The quantitative estimate of drug-likeness (QED) is 0.843. The Hall–Kier alpha value is -0.870. The van der Waals surface area contributed by atoms with Gasteiger partial charge in [0.1, 0.15) is 0 Å². The van der Waals surface area contributed by atoms with Crippen molar-refractivity contribution in [1.29, 1.82) is 0 Å². The van der Waals surface area contributed by atoms with E-state index in [-0.39, 0.29) is 11.3 Å². The molecule has 0 bridgehead atoms. The van der Waals surface area contributed by atoms with Crippen LogP contribution in [0.4, 0.5) is 0 Å². The largest absolute Gasteiger partial charge is 0.351 e. The second-order valence-electron chi connectivity index (χ2n) is 4.72. The fraction of sp³-hybridized carbons (Fsp3) is 0.615. The summed E-state index contributed by atoms with van der Waals surface area (Å²) in [6.07, 6.45) is 3.02. The minimum Gasteiger partial charge on any atom is -0.351 e. The highest BCUT2D eigenvalue weighted by atomic mass is 32.1. The number of hydrogen-bond acceptors (Lipinski definition) is 3. The van der Waals surface area contributed by atoms with Crippen molar-refractivity contribution in [2.45, 2.75) is 32.7 Å². The van der Waals surface area contributed by atoms with Gasteiger partial charge >= 0.3 is 0 Å². The molecule has 1 aromatic rings. The molecule has 17 heavy (non-hydrogen) atoms. The Morgan fingerprint density at radius 2 is 2.53 bits per heavy atom. The van der Waals surface area contributed by atoms with Crippen molar-refractivity contribution in [2.75, 3.05) is 13.1 Å². The van der Waals surface area contributed by atoms with E-state index >= 15 is 0 Å². The molecule has 1 aromatic heterocycles. The van der Waals surface area contributed by atoms with Crippen LogP contribution < -0.4 is 10.6 Å². The Morgan fingerprint density at radius 1 is 1.65 bits per heavy atom. The highest BCUT2D eigenvalue weighted by molar-refractivity contribution is 7.09. The molecule has 0 aliphatic carbocycles. The summed E-state index contributed by atoms with van der Waals surface area (Å²) in [6.45, 7) is 4.61. The van der Waals surface area contributed by atoms with Crippen LogP contribution in [-0.2, 0) is 11.3 Å². The molecular weight excluding hydrogens is 232 g/mol. The summed E-state index contributed by atoms with van der Waals surface area (Å²) in [5.74, 6) is 0.220. The molecule has 1 amide bonds. The molecular formula is C13H20N2OS. The third-order valence-corrected chi connectivity index (χ3v) is 4.33. The Morgan fingerprint density at radius 3 is 3.12 bits per heavy atom. The summed E-state index contributed by atoms with van der Waals surface area (Å²) >= 11 is 1.69. The number of nitrogens with one attached hydrogen (secondary N) is 2. The number of rotatable bonds is 5. The second-order valence-corrected chi connectivity index (χ2v) is 5.75. The van der Waals surface area contributed by atoms with Gasteiger partial charge in [-0.1, -0.05) is 19.4 Å². The van der Waals surface area contributed by atoms with Crippen molar-refractivity contribution < 1.29 is 4.79 Å². The van der Waals surface area contributed by atoms with E-state index in [0.29, 0.717) is 6.54 Å². The van der Waals surface area contributed by atoms with Gasteiger partial charge in [0.05, 0.1) is 12.0 Å². The van der Waals surface area contributed by atoms with E-state index in [9.17, 15) is 4.79 Å². The SMILES string of the molecule is CCCC1(C(=O)NCc2cccs2)CCNC1. The summed E-state index contributed by atoms with van der Waals surface area (Å²) in [4.78, 5) is 13.5. The van der Waals surface area contributed by atoms with Gasteiger partial charge in [0.15, 0.2) is 0 Å². The molecule has 3 nitrogen and oxygen atoms in total. The molecule has 2 N–H and O–H groups in total. The summed E-state index contributed by atoms with van der Waals surface area (Å²) in [7, 11) is 0. The number of carbonyl (C=O) groups excluding carboxylic acids is 1. The van der Waals surface area contributed by atoms with Crippen LogP contribution in [0, 0.1) is 5.41 Å². The third-order valence-electron chi connectivity index (χ3n) is 3.46. The molecule has 0 aromatic carbocycles. The van der Waals surface area contributed by atoms with Crippen molar-refractivity contribution in [3.63, 3.8) is 0 Å². The van der Waals surface area contributed by atoms with Gasteiger partial charge in [0.2, 0.25) is 5.91 Å². The molecule has 1 unspecified atom stereocenters. The van der Waals surface area contributed by atoms with E-state index in [1.807, 2.05) is 11.4 Å². The highest BCUT2D eigenvalue weighted by Crippen LogP contribution is 2.31. The van der Waals surface area contributed by atoms with Gasteiger partial charge in [-0.25, -0.2) is 0 Å². The molecule has 1 fully saturated rings. The van der Waals surface area contributed by atoms with E-state index in [1.54, 1.807) is 11.3 Å². The third kappa shape index (κ3) is 2.87. The fourth-order valence-electron chi connectivity index (χ4n) is 2.51. The second kappa shape index (κ2) is 5.65. The first-order valence-electron chi connectivity index (χ1n) is 6.28. The Labute approximate surface area is 107 Å². The van der Waals surface area contributed by atoms with Crippen LogP contribution in [0.2, 0.25) is 0 Å². The molecule has 2 heterocycles. The van der Waals surface area contributed by atoms with E-state index in [1.165, 1.54) is 4.88 Å². The molecule has 1 aliphatic heterocycles. The van der Waals surface area contributed by atoms with Crippen molar-refractivity contribution in [1.82, 2.24) is 10.6 Å². The van der Waals surface area contributed by atoms with E-state index in [2.05, 4.69) is 23.6 Å². The number of thiophene rings is 1. The van der Waals surface area contributed by atoms with E-state index in [4.69, 9.17) is 0 Å². The lowest BCUT2D eigenvalue weighted by Crippen LogP contribution is -2.42. The average molecular weight is 252 g/mol. The summed E-state index contributed by atoms with van der Waals surface area (Å²) in [6, 6.07) is 4.08. The predicted octanol–water partition coefficient (Wildman–Crippen LogP) is 2.14. The molecule has 0 spiro atoms. The Balaban J connectivity index is 1.92. The molecule has 1 aliphatic rings. The fourth-order valence-corrected chi connectivity index (χ4v) is 3.16. The van der Waals surface area contributed by atoms with Crippen LogP contribution in [0.25, 0.3) is 0 Å². The maximum atomic E-state index is 12.3. The van der Waals surface area contributed by atoms with Crippen LogP contribution >= 0.6 is 11.3 Å². The first-order chi connectivity index (χ1) is 8.27. The minimum atomic E-state index is -0.161. The predicted molar refractivity (Wildman–Crippen MR) is 71.0 cm³/mol. The zero-order valence-electron chi connectivity index (χ0n) is 10.3. The van der Waals surface area contributed by atoms with Gasteiger partial charge in [0.25, 0.3) is 0 Å². The van der Waals surface area contributed by atoms with Crippen molar-refractivity contribution in [3.8, 4) is 0 Å². The van der Waals surface area contributed by atoms with Crippen LogP contribution in [-0.4, -0.2) is 19.0 Å². The zero-order valence-corrected chi connectivity index (χ0v) is 11.1. The van der Waals surface area contributed by atoms with Crippen molar-refractivity contribution in [2.24, 2.45) is 5.41 Å². The van der Waals surface area contributed by atoms with Gasteiger partial charge in [-0.3, -0.25) is 4.79 Å². The lowest BCUT2D eigenvalue weighted by molar-refractivity contribution is -0.130. The highest BCUT2D eigenvalue weighted by Gasteiger charge is 2.39. The normalized spacial score (nSPS) is 23.8. The van der Waals surface area contributed by atoms with Crippen LogP contribution in [0.15, 0.2) is 17.5 Å². The summed E-state index contributed by atoms with van der Waals surface area (Å²) in [5, 5.41) is 8.44. The van der Waals surface area contributed by atoms with E-state index < -0.39 is 0 Å². The topological polar surface area (TPSA) is 41.1 Å². The van der Waals surface area contributed by atoms with Crippen molar-refractivity contribution >= 4 is 17.2 Å². The molecule has 1 atom stereocenters. The van der Waals surface area contributed by atoms with Gasteiger partial charge in [-0.05, 0) is 30.8 Å². The number of hydrogen-bond donors (Lipinski definition) is 2. The van der Waals surface area contributed by atoms with Crippen LogP contribution in [0.5, 0.6) is 0 Å². The van der Waals surface area contributed by atoms with Gasteiger partial charge in [-0.15, -0.1) is 11.3 Å². The molecule has 2 rings (SSSR count). The van der Waals surface area contributed by atoms with Crippen molar-refractivity contribution in [3.05, 3.63) is 22.4 Å². The Kier molecular flexibility index (Phi) is 4.18. The van der Waals surface area contributed by atoms with Gasteiger partial charge < -0.3 is 10.6 Å². The maximum Gasteiger partial charge on any atom is 0.227 e. The summed E-state index contributed by atoms with van der Waals surface area (Å²) < 4.78 is 0. The molecule has 1 saturated heterocycles. The van der Waals surface area contributed by atoms with Gasteiger partial charge in [0, 0.05) is 11.4 Å². The zero-order chi connectivity index (χ0) is 12.1. The standard InChI is InChI=1S/C13H20N2OS/c1-2-5-13(6-7-14-10-13)12(16)15-9-11-4-3-8-17-11/h3-4,8,14H,2,5-7,9-10H2,1H3,(H,15,16). The van der Waals surface area contributed by atoms with Crippen LogP contribution in [0.1, 0.15) is 31.1 Å². The minimum absolute atomic E-state index is 0.161. The number of amides is 1. The molecule has 0 saturated carbocycles.